The van der Waals surface area contributed by atoms with Crippen molar-refractivity contribution in [2.24, 2.45) is 0 Å². The normalized spacial score (nSPS) is 11.8. The molecular weight excluding hydrogens is 661 g/mol. The van der Waals surface area contributed by atoms with Crippen molar-refractivity contribution in [2.45, 2.75) is 0 Å². The predicted molar refractivity (Wildman–Crippen MR) is 229 cm³/mol. The molecule has 9 aromatic carbocycles. The molecule has 2 aromatic heterocycles. The molecule has 3 heteroatoms. The van der Waals surface area contributed by atoms with Crippen LogP contribution in [0.5, 0.6) is 0 Å². The highest BCUT2D eigenvalue weighted by molar-refractivity contribution is 7.26. The Morgan fingerprint density at radius 3 is 1.92 bits per heavy atom. The highest BCUT2D eigenvalue weighted by atomic mass is 32.1. The zero-order valence-electron chi connectivity index (χ0n) is 28.8. The number of para-hydroxylation sites is 2. The molecule has 2 heterocycles. The third-order valence-corrected chi connectivity index (χ3v) is 11.9. The molecule has 11 rings (SSSR count). The lowest BCUT2D eigenvalue weighted by atomic mass is 10.0. The van der Waals surface area contributed by atoms with E-state index in [9.17, 15) is 0 Å². The van der Waals surface area contributed by atoms with Crippen LogP contribution in [0.2, 0.25) is 0 Å². The van der Waals surface area contributed by atoms with Crippen LogP contribution >= 0.6 is 11.3 Å². The topological polar surface area (TPSA) is 8.17 Å². The number of rotatable bonds is 5. The lowest BCUT2D eigenvalue weighted by molar-refractivity contribution is 1.18. The molecule has 0 saturated carbocycles. The van der Waals surface area contributed by atoms with Gasteiger partial charge in [0.15, 0.2) is 0 Å². The van der Waals surface area contributed by atoms with E-state index in [1.165, 1.54) is 80.3 Å². The third kappa shape index (κ3) is 4.64. The lowest BCUT2D eigenvalue weighted by Crippen LogP contribution is -2.11. The summed E-state index contributed by atoms with van der Waals surface area (Å²) in [4.78, 5) is 2.49. The fourth-order valence-corrected chi connectivity index (χ4v) is 9.64. The Labute approximate surface area is 311 Å². The van der Waals surface area contributed by atoms with Gasteiger partial charge in [0, 0.05) is 48.6 Å². The highest BCUT2D eigenvalue weighted by Crippen LogP contribution is 2.49. The third-order valence-electron chi connectivity index (χ3n) is 10.7. The van der Waals surface area contributed by atoms with E-state index in [0.717, 1.165) is 17.1 Å². The molecule has 0 aliphatic heterocycles. The predicted octanol–water partition coefficient (Wildman–Crippen LogP) is 14.6. The first-order valence-electron chi connectivity index (χ1n) is 18.1. The number of hydrogen-bond donors (Lipinski definition) is 0. The van der Waals surface area contributed by atoms with E-state index in [4.69, 9.17) is 0 Å². The summed E-state index contributed by atoms with van der Waals surface area (Å²) in [5.74, 6) is 0. The van der Waals surface area contributed by atoms with Gasteiger partial charge in [0.05, 0.1) is 27.1 Å². The van der Waals surface area contributed by atoms with Crippen LogP contribution < -0.4 is 4.90 Å². The molecule has 11 aromatic rings. The minimum atomic E-state index is 1.11. The summed E-state index contributed by atoms with van der Waals surface area (Å²) < 4.78 is 5.04. The van der Waals surface area contributed by atoms with Crippen LogP contribution in [0.15, 0.2) is 194 Å². The van der Waals surface area contributed by atoms with Gasteiger partial charge in [-0.1, -0.05) is 152 Å². The van der Waals surface area contributed by atoms with Crippen molar-refractivity contribution in [1.29, 1.82) is 0 Å². The second kappa shape index (κ2) is 11.9. The van der Waals surface area contributed by atoms with Crippen molar-refractivity contribution in [3.8, 4) is 16.8 Å². The maximum atomic E-state index is 2.49. The van der Waals surface area contributed by atoms with Crippen LogP contribution in [0.3, 0.4) is 0 Å². The van der Waals surface area contributed by atoms with Gasteiger partial charge >= 0.3 is 0 Å². The number of nitrogens with zero attached hydrogens (tertiary/aromatic N) is 2. The Morgan fingerprint density at radius 1 is 0.434 bits per heavy atom. The number of benzene rings is 9. The maximum Gasteiger partial charge on any atom is 0.0640 e. The van der Waals surface area contributed by atoms with Crippen molar-refractivity contribution in [3.63, 3.8) is 0 Å². The van der Waals surface area contributed by atoms with E-state index in [0.29, 0.717) is 0 Å². The van der Waals surface area contributed by atoms with Crippen LogP contribution in [0.4, 0.5) is 17.1 Å². The van der Waals surface area contributed by atoms with Crippen LogP contribution in [-0.4, -0.2) is 4.57 Å². The maximum absolute atomic E-state index is 2.49. The molecule has 0 amide bonds. The van der Waals surface area contributed by atoms with Crippen molar-refractivity contribution in [3.05, 3.63) is 194 Å². The smallest absolute Gasteiger partial charge is 0.0640 e. The van der Waals surface area contributed by atoms with Gasteiger partial charge in [-0.3, -0.25) is 0 Å². The van der Waals surface area contributed by atoms with E-state index < -0.39 is 0 Å². The summed E-state index contributed by atoms with van der Waals surface area (Å²) in [5, 5.41) is 10.2. The van der Waals surface area contributed by atoms with Gasteiger partial charge in [-0.05, 0) is 64.2 Å². The van der Waals surface area contributed by atoms with Crippen molar-refractivity contribution < 1.29 is 0 Å². The molecule has 0 unspecified atom stereocenters. The van der Waals surface area contributed by atoms with Crippen LogP contribution in [0, 0.1) is 0 Å². The summed E-state index contributed by atoms with van der Waals surface area (Å²) in [5.41, 5.74) is 9.35. The van der Waals surface area contributed by atoms with Crippen LogP contribution in [0.25, 0.3) is 80.3 Å². The molecule has 0 atom stereocenters. The molecule has 0 N–H and O–H groups in total. The van der Waals surface area contributed by atoms with Gasteiger partial charge < -0.3 is 9.47 Å². The lowest BCUT2D eigenvalue weighted by Gasteiger charge is -2.28. The Morgan fingerprint density at radius 2 is 1.08 bits per heavy atom. The summed E-state index contributed by atoms with van der Waals surface area (Å²) in [6.45, 7) is 0. The van der Waals surface area contributed by atoms with E-state index in [1.54, 1.807) is 0 Å². The number of anilines is 3. The minimum absolute atomic E-state index is 1.11. The molecule has 0 bridgehead atoms. The Balaban J connectivity index is 1.25. The second-order valence-corrected chi connectivity index (χ2v) is 14.7. The molecular formula is C50H32N2S. The largest absolute Gasteiger partial charge is 0.309 e. The standard InChI is InChI=1S/C50H32N2S/c1-3-14-33(15-4-1)38-20-11-12-24-44(38)51(45-25-13-23-43-48-39-21-9-7-16-34(39)27-31-47(48)53-50(43)45)37-28-30-41-42-29-26-35-17-8-10-22-40(35)49(42)52(46(41)32-37)36-18-5-2-6-19-36/h1-32H. The number of aromatic nitrogens is 1. The Kier molecular flexibility index (Phi) is 6.76. The first kappa shape index (κ1) is 30.0. The van der Waals surface area contributed by atoms with E-state index in [2.05, 4.69) is 204 Å². The monoisotopic (exact) mass is 692 g/mol. The average Bonchev–Trinajstić information content (AvgIpc) is 3.78. The van der Waals surface area contributed by atoms with Crippen molar-refractivity contribution >= 4 is 91.9 Å². The molecule has 0 aliphatic carbocycles. The van der Waals surface area contributed by atoms with Gasteiger partial charge in [-0.2, -0.15) is 0 Å². The molecule has 0 fully saturated rings. The van der Waals surface area contributed by atoms with Crippen LogP contribution in [-0.2, 0) is 0 Å². The van der Waals surface area contributed by atoms with Gasteiger partial charge in [-0.15, -0.1) is 11.3 Å². The summed E-state index contributed by atoms with van der Waals surface area (Å²) in [6, 6.07) is 70.9. The average molecular weight is 693 g/mol. The Hall–Kier alpha value is -6.68. The van der Waals surface area contributed by atoms with Gasteiger partial charge in [0.2, 0.25) is 0 Å². The zero-order chi connectivity index (χ0) is 34.9. The quantitative estimate of drug-likeness (QED) is 0.174. The molecule has 53 heavy (non-hydrogen) atoms. The van der Waals surface area contributed by atoms with E-state index in [1.807, 2.05) is 11.3 Å². The summed E-state index contributed by atoms with van der Waals surface area (Å²) in [6.07, 6.45) is 0. The number of fused-ring (bicyclic) bond motifs is 10. The molecule has 0 spiro atoms. The number of hydrogen-bond acceptors (Lipinski definition) is 2. The molecule has 2 nitrogen and oxygen atoms in total. The molecule has 0 saturated heterocycles. The van der Waals surface area contributed by atoms with Gasteiger partial charge in [0.25, 0.3) is 0 Å². The summed E-state index contributed by atoms with van der Waals surface area (Å²) in [7, 11) is 0. The Bertz CT molecular complexity index is 3170. The second-order valence-electron chi connectivity index (χ2n) is 13.7. The van der Waals surface area contributed by atoms with Crippen molar-refractivity contribution in [1.82, 2.24) is 4.57 Å². The highest BCUT2D eigenvalue weighted by Gasteiger charge is 2.23. The van der Waals surface area contributed by atoms with Gasteiger partial charge in [0.1, 0.15) is 0 Å². The van der Waals surface area contributed by atoms with Gasteiger partial charge in [-0.25, -0.2) is 0 Å². The van der Waals surface area contributed by atoms with Crippen LogP contribution in [0.1, 0.15) is 0 Å². The van der Waals surface area contributed by atoms with Crippen molar-refractivity contribution in [2.75, 3.05) is 4.90 Å². The minimum Gasteiger partial charge on any atom is -0.309 e. The first-order valence-corrected chi connectivity index (χ1v) is 18.9. The fraction of sp³-hybridized carbons (Fsp3) is 0. The first-order chi connectivity index (χ1) is 26.3. The van der Waals surface area contributed by atoms with E-state index in [-0.39, 0.29) is 0 Å². The summed E-state index contributed by atoms with van der Waals surface area (Å²) >= 11 is 1.88. The molecule has 248 valence electrons. The SMILES string of the molecule is c1ccc(-c2ccccc2N(c2ccc3c4ccc5ccccc5c4n(-c4ccccc4)c3c2)c2cccc3c2sc2ccc4ccccc4c23)cc1. The number of thiophene rings is 1. The fourth-order valence-electron chi connectivity index (χ4n) is 8.42. The zero-order valence-corrected chi connectivity index (χ0v) is 29.6. The molecule has 0 radical (unpaired) electrons. The molecule has 0 aliphatic rings. The van der Waals surface area contributed by atoms with E-state index >= 15 is 0 Å².